The van der Waals surface area contributed by atoms with Crippen LogP contribution >= 0.6 is 0 Å². The van der Waals surface area contributed by atoms with Crippen LogP contribution in [0.4, 0.5) is 0 Å². The van der Waals surface area contributed by atoms with Gasteiger partial charge in [-0.1, -0.05) is 30.3 Å². The zero-order valence-electron chi connectivity index (χ0n) is 8.60. The highest BCUT2D eigenvalue weighted by Crippen LogP contribution is 2.07. The minimum atomic E-state index is -1.21. The van der Waals surface area contributed by atoms with Gasteiger partial charge in [-0.2, -0.15) is 0 Å². The first kappa shape index (κ1) is 11.7. The molecule has 0 saturated heterocycles. The number of aryl methyl sites for hydroxylation is 1. The Kier molecular flexibility index (Phi) is 4.84. The number of carboxylic acid groups (broad SMARTS) is 1. The molecule has 0 aliphatic heterocycles. The highest BCUT2D eigenvalue weighted by Gasteiger charge is 2.11. The number of unbranched alkanes of at least 4 members (excludes halogenated alkanes) is 1. The lowest BCUT2D eigenvalue weighted by molar-refractivity contribution is -0.146. The molecule has 3 heteroatoms. The van der Waals surface area contributed by atoms with E-state index in [2.05, 4.69) is 0 Å². The van der Waals surface area contributed by atoms with Gasteiger partial charge < -0.3 is 10.2 Å². The van der Waals surface area contributed by atoms with Gasteiger partial charge in [0, 0.05) is 0 Å². The van der Waals surface area contributed by atoms with Crippen LogP contribution in [0, 0.1) is 0 Å². The Morgan fingerprint density at radius 2 is 1.87 bits per heavy atom. The molecule has 0 heterocycles. The maximum absolute atomic E-state index is 10.3. The van der Waals surface area contributed by atoms with Crippen LogP contribution in [0.15, 0.2) is 30.3 Å². The number of rotatable bonds is 6. The van der Waals surface area contributed by atoms with Gasteiger partial charge in [0.05, 0.1) is 0 Å². The van der Waals surface area contributed by atoms with E-state index >= 15 is 0 Å². The maximum atomic E-state index is 10.3. The molecule has 0 aliphatic carbocycles. The third kappa shape index (κ3) is 4.61. The molecule has 82 valence electrons. The second-order valence-corrected chi connectivity index (χ2v) is 3.59. The van der Waals surface area contributed by atoms with Crippen LogP contribution in [0.25, 0.3) is 0 Å². The van der Waals surface area contributed by atoms with Crippen LogP contribution < -0.4 is 0 Å². The summed E-state index contributed by atoms with van der Waals surface area (Å²) in [5.74, 6) is -1.13. The molecule has 0 aromatic heterocycles. The van der Waals surface area contributed by atoms with Crippen LogP contribution in [0.2, 0.25) is 0 Å². The van der Waals surface area contributed by atoms with Crippen LogP contribution in [0.5, 0.6) is 0 Å². The summed E-state index contributed by atoms with van der Waals surface area (Å²) in [6.45, 7) is 0. The van der Waals surface area contributed by atoms with E-state index in [1.165, 1.54) is 5.56 Å². The third-order valence-corrected chi connectivity index (χ3v) is 2.32. The summed E-state index contributed by atoms with van der Waals surface area (Å²) in [6.07, 6.45) is 1.72. The smallest absolute Gasteiger partial charge is 0.332 e. The Bertz CT molecular complexity index is 295. The molecular formula is C12H16O3. The molecule has 1 aromatic carbocycles. The molecule has 1 atom stereocenters. The second kappa shape index (κ2) is 6.19. The normalized spacial score (nSPS) is 12.3. The Morgan fingerprint density at radius 1 is 1.20 bits per heavy atom. The summed E-state index contributed by atoms with van der Waals surface area (Å²) < 4.78 is 0. The minimum absolute atomic E-state index is 0.335. The van der Waals surface area contributed by atoms with Crippen LogP contribution in [-0.4, -0.2) is 22.3 Å². The standard InChI is InChI=1S/C12H16O3/c13-11(12(14)15)9-5-4-8-10-6-2-1-3-7-10/h1-3,6-7,11,13H,4-5,8-9H2,(H,14,15)/t11-/m1/s1. The number of hydrogen-bond acceptors (Lipinski definition) is 2. The lowest BCUT2D eigenvalue weighted by atomic mass is 10.1. The van der Waals surface area contributed by atoms with E-state index in [0.717, 1.165) is 19.3 Å². The molecule has 0 amide bonds. The minimum Gasteiger partial charge on any atom is -0.479 e. The van der Waals surface area contributed by atoms with Gasteiger partial charge in [-0.3, -0.25) is 0 Å². The molecular weight excluding hydrogens is 192 g/mol. The zero-order chi connectivity index (χ0) is 11.1. The van der Waals surface area contributed by atoms with Crippen molar-refractivity contribution < 1.29 is 15.0 Å². The van der Waals surface area contributed by atoms with Crippen molar-refractivity contribution in [2.75, 3.05) is 0 Å². The van der Waals surface area contributed by atoms with Gasteiger partial charge in [0.15, 0.2) is 6.10 Å². The van der Waals surface area contributed by atoms with Gasteiger partial charge in [-0.05, 0) is 31.2 Å². The lowest BCUT2D eigenvalue weighted by Crippen LogP contribution is -2.18. The van der Waals surface area contributed by atoms with Gasteiger partial charge in [-0.25, -0.2) is 4.79 Å². The molecule has 1 rings (SSSR count). The highest BCUT2D eigenvalue weighted by molar-refractivity contribution is 5.71. The average molecular weight is 208 g/mol. The number of aliphatic carboxylic acids is 1. The molecule has 0 radical (unpaired) electrons. The molecule has 0 unspecified atom stereocenters. The van der Waals surface area contributed by atoms with E-state index < -0.39 is 12.1 Å². The van der Waals surface area contributed by atoms with E-state index in [1.54, 1.807) is 0 Å². The molecule has 0 saturated carbocycles. The summed E-state index contributed by atoms with van der Waals surface area (Å²) in [5.41, 5.74) is 1.25. The summed E-state index contributed by atoms with van der Waals surface area (Å²) in [6, 6.07) is 10.0. The second-order valence-electron chi connectivity index (χ2n) is 3.59. The van der Waals surface area contributed by atoms with Gasteiger partial charge in [0.25, 0.3) is 0 Å². The fourth-order valence-corrected chi connectivity index (χ4v) is 1.43. The van der Waals surface area contributed by atoms with Crippen LogP contribution in [0.3, 0.4) is 0 Å². The molecule has 0 fully saturated rings. The van der Waals surface area contributed by atoms with Crippen LogP contribution in [0.1, 0.15) is 24.8 Å². The van der Waals surface area contributed by atoms with Crippen molar-refractivity contribution in [3.63, 3.8) is 0 Å². The number of hydrogen-bond donors (Lipinski definition) is 2. The number of benzene rings is 1. The van der Waals surface area contributed by atoms with Crippen molar-refractivity contribution in [3.8, 4) is 0 Å². The summed E-state index contributed by atoms with van der Waals surface area (Å²) in [7, 11) is 0. The number of carboxylic acids is 1. The van der Waals surface area contributed by atoms with E-state index in [9.17, 15) is 4.79 Å². The van der Waals surface area contributed by atoms with E-state index in [0.29, 0.717) is 6.42 Å². The first-order chi connectivity index (χ1) is 7.20. The largest absolute Gasteiger partial charge is 0.479 e. The maximum Gasteiger partial charge on any atom is 0.332 e. The van der Waals surface area contributed by atoms with Gasteiger partial charge in [-0.15, -0.1) is 0 Å². The number of aliphatic hydroxyl groups is 1. The monoisotopic (exact) mass is 208 g/mol. The SMILES string of the molecule is O=C(O)[C@H](O)CCCCc1ccccc1. The molecule has 2 N–H and O–H groups in total. The zero-order valence-corrected chi connectivity index (χ0v) is 8.60. The molecule has 15 heavy (non-hydrogen) atoms. The molecule has 3 nitrogen and oxygen atoms in total. The fraction of sp³-hybridized carbons (Fsp3) is 0.417. The average Bonchev–Trinajstić information content (AvgIpc) is 2.25. The Labute approximate surface area is 89.4 Å². The third-order valence-electron chi connectivity index (χ3n) is 2.32. The molecule has 0 spiro atoms. The summed E-state index contributed by atoms with van der Waals surface area (Å²) in [4.78, 5) is 10.3. The van der Waals surface area contributed by atoms with Crippen molar-refractivity contribution in [2.45, 2.75) is 31.8 Å². The molecule has 1 aromatic rings. The quantitative estimate of drug-likeness (QED) is 0.701. The first-order valence-electron chi connectivity index (χ1n) is 5.15. The topological polar surface area (TPSA) is 57.5 Å². The number of aliphatic hydroxyl groups excluding tert-OH is 1. The molecule has 0 aliphatic rings. The predicted octanol–water partition coefficient (Wildman–Crippen LogP) is 1.84. The fourth-order valence-electron chi connectivity index (χ4n) is 1.43. The Balaban J connectivity index is 2.15. The van der Waals surface area contributed by atoms with Crippen LogP contribution in [-0.2, 0) is 11.2 Å². The Hall–Kier alpha value is -1.35. The van der Waals surface area contributed by atoms with E-state index in [4.69, 9.17) is 10.2 Å². The van der Waals surface area contributed by atoms with Gasteiger partial charge in [0.2, 0.25) is 0 Å². The first-order valence-corrected chi connectivity index (χ1v) is 5.15. The number of carbonyl (C=O) groups is 1. The van der Waals surface area contributed by atoms with E-state index in [-0.39, 0.29) is 0 Å². The van der Waals surface area contributed by atoms with Crippen molar-refractivity contribution in [1.82, 2.24) is 0 Å². The van der Waals surface area contributed by atoms with Crippen molar-refractivity contribution in [1.29, 1.82) is 0 Å². The van der Waals surface area contributed by atoms with Gasteiger partial charge >= 0.3 is 5.97 Å². The van der Waals surface area contributed by atoms with Crippen molar-refractivity contribution in [3.05, 3.63) is 35.9 Å². The molecule has 0 bridgehead atoms. The van der Waals surface area contributed by atoms with E-state index in [1.807, 2.05) is 30.3 Å². The highest BCUT2D eigenvalue weighted by atomic mass is 16.4. The van der Waals surface area contributed by atoms with Crippen molar-refractivity contribution >= 4 is 5.97 Å². The summed E-state index contributed by atoms with van der Waals surface area (Å²) in [5, 5.41) is 17.5. The summed E-state index contributed by atoms with van der Waals surface area (Å²) >= 11 is 0. The predicted molar refractivity (Wildman–Crippen MR) is 57.6 cm³/mol. The van der Waals surface area contributed by atoms with Gasteiger partial charge in [0.1, 0.15) is 0 Å². The van der Waals surface area contributed by atoms with Crippen molar-refractivity contribution in [2.24, 2.45) is 0 Å². The Morgan fingerprint density at radius 3 is 2.47 bits per heavy atom. The lowest BCUT2D eigenvalue weighted by Gasteiger charge is -2.04.